The summed E-state index contributed by atoms with van der Waals surface area (Å²) >= 11 is 1.60. The second-order valence-electron chi connectivity index (χ2n) is 5.60. The molecule has 2 rings (SSSR count). The molecule has 0 fully saturated rings. The molecule has 22 heavy (non-hydrogen) atoms. The maximum atomic E-state index is 11.8. The van der Waals surface area contributed by atoms with Crippen molar-refractivity contribution < 1.29 is 4.79 Å². The molecule has 0 spiro atoms. The monoisotopic (exact) mass is 320 g/mol. The van der Waals surface area contributed by atoms with E-state index in [1.165, 1.54) is 0 Å². The highest BCUT2D eigenvalue weighted by molar-refractivity contribution is 8.00. The Balaban J connectivity index is 1.75. The molecule has 0 aliphatic rings. The molecule has 2 aromatic rings. The first-order chi connectivity index (χ1) is 10.6. The number of benzene rings is 1. The van der Waals surface area contributed by atoms with Gasteiger partial charge in [-0.25, -0.2) is 4.98 Å². The number of hydrogen-bond donors (Lipinski definition) is 2. The van der Waals surface area contributed by atoms with Gasteiger partial charge in [-0.1, -0.05) is 12.1 Å². The van der Waals surface area contributed by atoms with E-state index in [1.54, 1.807) is 11.8 Å². The molecule has 1 heterocycles. The highest BCUT2D eigenvalue weighted by Gasteiger charge is 2.13. The van der Waals surface area contributed by atoms with Gasteiger partial charge < -0.3 is 15.2 Å². The zero-order valence-electron chi connectivity index (χ0n) is 13.4. The van der Waals surface area contributed by atoms with Gasteiger partial charge in [-0.05, 0) is 46.1 Å². The SMILES string of the molecule is CC(SCC(=O)NCCCN(C)C)c1nc2ccccc2[nH]1. The second kappa shape index (κ2) is 8.19. The summed E-state index contributed by atoms with van der Waals surface area (Å²) in [5.74, 6) is 1.47. The highest BCUT2D eigenvalue weighted by Crippen LogP contribution is 2.27. The van der Waals surface area contributed by atoms with Crippen molar-refractivity contribution in [1.82, 2.24) is 20.2 Å². The summed E-state index contributed by atoms with van der Waals surface area (Å²) in [6.07, 6.45) is 0.975. The van der Waals surface area contributed by atoms with Gasteiger partial charge in [0.05, 0.1) is 22.0 Å². The van der Waals surface area contributed by atoms with Crippen LogP contribution in [-0.2, 0) is 4.79 Å². The summed E-state index contributed by atoms with van der Waals surface area (Å²) in [4.78, 5) is 21.8. The predicted octanol–water partition coefficient (Wildman–Crippen LogP) is 2.42. The van der Waals surface area contributed by atoms with Gasteiger partial charge in [-0.2, -0.15) is 0 Å². The molecule has 6 heteroatoms. The van der Waals surface area contributed by atoms with E-state index < -0.39 is 0 Å². The summed E-state index contributed by atoms with van der Waals surface area (Å²) in [6.45, 7) is 3.79. The molecular weight excluding hydrogens is 296 g/mol. The number of aromatic nitrogens is 2. The molecule has 0 saturated heterocycles. The quantitative estimate of drug-likeness (QED) is 0.733. The lowest BCUT2D eigenvalue weighted by atomic mass is 10.3. The summed E-state index contributed by atoms with van der Waals surface area (Å²) < 4.78 is 0. The van der Waals surface area contributed by atoms with Gasteiger partial charge in [-0.15, -0.1) is 11.8 Å². The summed E-state index contributed by atoms with van der Waals surface area (Å²) in [5.41, 5.74) is 2.01. The number of para-hydroxylation sites is 2. The Morgan fingerprint density at radius 1 is 1.41 bits per heavy atom. The third kappa shape index (κ3) is 5.03. The van der Waals surface area contributed by atoms with Crippen molar-refractivity contribution in [2.24, 2.45) is 0 Å². The lowest BCUT2D eigenvalue weighted by Crippen LogP contribution is -2.28. The third-order valence-electron chi connectivity index (χ3n) is 3.36. The van der Waals surface area contributed by atoms with E-state index in [0.717, 1.165) is 36.4 Å². The molecule has 5 nitrogen and oxygen atoms in total. The number of amides is 1. The Morgan fingerprint density at radius 2 is 2.18 bits per heavy atom. The molecule has 0 aliphatic heterocycles. The van der Waals surface area contributed by atoms with Gasteiger partial charge >= 0.3 is 0 Å². The van der Waals surface area contributed by atoms with Crippen LogP contribution in [0.25, 0.3) is 11.0 Å². The average Bonchev–Trinajstić information content (AvgIpc) is 2.93. The smallest absolute Gasteiger partial charge is 0.230 e. The van der Waals surface area contributed by atoms with Crippen molar-refractivity contribution in [2.45, 2.75) is 18.6 Å². The molecule has 0 saturated carbocycles. The minimum absolute atomic E-state index is 0.0896. The first-order valence-electron chi connectivity index (χ1n) is 7.54. The van der Waals surface area contributed by atoms with E-state index >= 15 is 0 Å². The Bertz CT molecular complexity index is 578. The minimum Gasteiger partial charge on any atom is -0.355 e. The van der Waals surface area contributed by atoms with Crippen molar-refractivity contribution in [3.8, 4) is 0 Å². The molecular formula is C16H24N4OS. The number of fused-ring (bicyclic) bond motifs is 1. The molecule has 1 aromatic carbocycles. The number of rotatable bonds is 8. The molecule has 120 valence electrons. The van der Waals surface area contributed by atoms with Crippen LogP contribution in [0.3, 0.4) is 0 Å². The number of carbonyl (C=O) groups is 1. The zero-order chi connectivity index (χ0) is 15.9. The summed E-state index contributed by atoms with van der Waals surface area (Å²) in [6, 6.07) is 7.97. The number of H-pyrrole nitrogens is 1. The fourth-order valence-electron chi connectivity index (χ4n) is 2.12. The third-order valence-corrected chi connectivity index (χ3v) is 4.51. The van der Waals surface area contributed by atoms with Gasteiger partial charge in [0, 0.05) is 6.54 Å². The van der Waals surface area contributed by atoms with Crippen molar-refractivity contribution in [3.05, 3.63) is 30.1 Å². The van der Waals surface area contributed by atoms with Crippen molar-refractivity contribution in [2.75, 3.05) is 32.9 Å². The Morgan fingerprint density at radius 3 is 2.91 bits per heavy atom. The molecule has 0 radical (unpaired) electrons. The maximum absolute atomic E-state index is 11.8. The van der Waals surface area contributed by atoms with Crippen LogP contribution in [0.4, 0.5) is 0 Å². The lowest BCUT2D eigenvalue weighted by Gasteiger charge is -2.11. The Kier molecular flexibility index (Phi) is 6.27. The topological polar surface area (TPSA) is 61.0 Å². The van der Waals surface area contributed by atoms with Crippen LogP contribution in [0.15, 0.2) is 24.3 Å². The highest BCUT2D eigenvalue weighted by atomic mass is 32.2. The van der Waals surface area contributed by atoms with Crippen molar-refractivity contribution in [1.29, 1.82) is 0 Å². The molecule has 1 unspecified atom stereocenters. The van der Waals surface area contributed by atoms with E-state index in [2.05, 4.69) is 27.1 Å². The van der Waals surface area contributed by atoms with Crippen LogP contribution < -0.4 is 5.32 Å². The number of imidazole rings is 1. The molecule has 1 aromatic heterocycles. The average molecular weight is 320 g/mol. The first-order valence-corrected chi connectivity index (χ1v) is 8.59. The van der Waals surface area contributed by atoms with Crippen molar-refractivity contribution in [3.63, 3.8) is 0 Å². The van der Waals surface area contributed by atoms with E-state index in [1.807, 2.05) is 38.4 Å². The van der Waals surface area contributed by atoms with Gasteiger partial charge in [0.25, 0.3) is 0 Å². The molecule has 2 N–H and O–H groups in total. The normalized spacial score (nSPS) is 12.7. The Hall–Kier alpha value is -1.53. The predicted molar refractivity (Wildman–Crippen MR) is 93.1 cm³/mol. The van der Waals surface area contributed by atoms with Gasteiger partial charge in [0.1, 0.15) is 5.82 Å². The van der Waals surface area contributed by atoms with Crippen molar-refractivity contribution >= 4 is 28.7 Å². The van der Waals surface area contributed by atoms with E-state index in [0.29, 0.717) is 5.75 Å². The first kappa shape index (κ1) is 16.8. The zero-order valence-corrected chi connectivity index (χ0v) is 14.2. The van der Waals surface area contributed by atoms with Crippen LogP contribution in [0.5, 0.6) is 0 Å². The van der Waals surface area contributed by atoms with Crippen LogP contribution in [-0.4, -0.2) is 53.7 Å². The summed E-state index contributed by atoms with van der Waals surface area (Å²) in [5, 5.41) is 3.12. The molecule has 0 aliphatic carbocycles. The standard InChI is InChI=1S/C16H24N4OS/c1-12(16-18-13-7-4-5-8-14(13)19-16)22-11-15(21)17-9-6-10-20(2)3/h4-5,7-8,12H,6,9-11H2,1-3H3,(H,17,21)(H,18,19). The Labute approximate surface area is 135 Å². The summed E-state index contributed by atoms with van der Waals surface area (Å²) in [7, 11) is 4.07. The van der Waals surface area contributed by atoms with E-state index in [4.69, 9.17) is 0 Å². The van der Waals surface area contributed by atoms with E-state index in [-0.39, 0.29) is 11.2 Å². The molecule has 1 atom stereocenters. The lowest BCUT2D eigenvalue weighted by molar-refractivity contribution is -0.118. The van der Waals surface area contributed by atoms with Gasteiger partial charge in [0.15, 0.2) is 0 Å². The molecule has 1 amide bonds. The number of nitrogens with zero attached hydrogens (tertiary/aromatic N) is 2. The van der Waals surface area contributed by atoms with E-state index in [9.17, 15) is 4.79 Å². The minimum atomic E-state index is 0.0896. The van der Waals surface area contributed by atoms with Crippen LogP contribution in [0, 0.1) is 0 Å². The maximum Gasteiger partial charge on any atom is 0.230 e. The number of thioether (sulfide) groups is 1. The molecule has 0 bridgehead atoms. The van der Waals surface area contributed by atoms with Gasteiger partial charge in [-0.3, -0.25) is 4.79 Å². The fourth-order valence-corrected chi connectivity index (χ4v) is 2.89. The number of hydrogen-bond acceptors (Lipinski definition) is 4. The number of carbonyl (C=O) groups excluding carboxylic acids is 1. The van der Waals surface area contributed by atoms with Crippen LogP contribution >= 0.6 is 11.8 Å². The second-order valence-corrected chi connectivity index (χ2v) is 6.93. The van der Waals surface area contributed by atoms with Crippen LogP contribution in [0.2, 0.25) is 0 Å². The van der Waals surface area contributed by atoms with Gasteiger partial charge in [0.2, 0.25) is 5.91 Å². The number of aromatic amines is 1. The fraction of sp³-hybridized carbons (Fsp3) is 0.500. The number of nitrogens with one attached hydrogen (secondary N) is 2. The van der Waals surface area contributed by atoms with Crippen LogP contribution in [0.1, 0.15) is 24.4 Å². The largest absolute Gasteiger partial charge is 0.355 e.